The number of rotatable bonds is 6. The molecule has 0 aliphatic carbocycles. The second kappa shape index (κ2) is 8.74. The minimum absolute atomic E-state index is 0.0744. The van der Waals surface area contributed by atoms with Crippen LogP contribution in [0.1, 0.15) is 58.2 Å². The van der Waals surface area contributed by atoms with Gasteiger partial charge in [-0.3, -0.25) is 4.98 Å². The van der Waals surface area contributed by atoms with Crippen molar-refractivity contribution in [3.63, 3.8) is 0 Å². The maximum atomic E-state index is 12.7. The van der Waals surface area contributed by atoms with Crippen LogP contribution in [-0.2, 0) is 17.2 Å². The number of benzene rings is 1. The molecule has 1 unspecified atom stereocenters. The molecule has 2 aromatic rings. The Labute approximate surface area is 167 Å². The second-order valence-electron chi connectivity index (χ2n) is 8.23. The van der Waals surface area contributed by atoms with Crippen LogP contribution >= 0.6 is 0 Å². The Morgan fingerprint density at radius 2 is 1.64 bits per heavy atom. The van der Waals surface area contributed by atoms with E-state index in [1.807, 2.05) is 45.0 Å². The van der Waals surface area contributed by atoms with Crippen molar-refractivity contribution < 1.29 is 17.4 Å². The van der Waals surface area contributed by atoms with Crippen molar-refractivity contribution in [1.29, 1.82) is 0 Å². The molecule has 2 atom stereocenters. The zero-order valence-corrected chi connectivity index (χ0v) is 17.6. The lowest BCUT2D eigenvalue weighted by molar-refractivity contribution is -0.137. The molecular formula is C21H27F3N2OS. The van der Waals surface area contributed by atoms with Crippen molar-refractivity contribution in [3.8, 4) is 11.3 Å². The van der Waals surface area contributed by atoms with Gasteiger partial charge in [0.15, 0.2) is 0 Å². The Morgan fingerprint density at radius 3 is 2.07 bits per heavy atom. The molecule has 28 heavy (non-hydrogen) atoms. The summed E-state index contributed by atoms with van der Waals surface area (Å²) in [5, 5.41) is 0. The van der Waals surface area contributed by atoms with Gasteiger partial charge in [0.05, 0.1) is 27.0 Å². The molecule has 7 heteroatoms. The first-order valence-corrected chi connectivity index (χ1v) is 10.3. The van der Waals surface area contributed by atoms with Crippen LogP contribution in [0, 0.1) is 5.92 Å². The number of nitrogens with zero attached hydrogens (tertiary/aromatic N) is 1. The van der Waals surface area contributed by atoms with Crippen LogP contribution in [0.2, 0.25) is 0 Å². The van der Waals surface area contributed by atoms with Gasteiger partial charge in [0.2, 0.25) is 0 Å². The monoisotopic (exact) mass is 412 g/mol. The van der Waals surface area contributed by atoms with Crippen LogP contribution < -0.4 is 4.72 Å². The largest absolute Gasteiger partial charge is 0.417 e. The molecule has 1 aromatic heterocycles. The molecule has 3 nitrogen and oxygen atoms in total. The SMILES string of the molecule is CC(C)C[C@H](NS(=O)C(C)(C)C)c1ccc(-c2ccc(C(F)(F)F)cn2)cc1. The summed E-state index contributed by atoms with van der Waals surface area (Å²) in [5.41, 5.74) is 1.43. The van der Waals surface area contributed by atoms with Gasteiger partial charge in [-0.05, 0) is 50.8 Å². The predicted molar refractivity (Wildman–Crippen MR) is 108 cm³/mol. The first-order chi connectivity index (χ1) is 12.9. The van der Waals surface area contributed by atoms with E-state index in [0.717, 1.165) is 29.8 Å². The fourth-order valence-electron chi connectivity index (χ4n) is 2.65. The lowest BCUT2D eigenvalue weighted by atomic mass is 9.96. The van der Waals surface area contributed by atoms with Crippen molar-refractivity contribution in [3.05, 3.63) is 53.7 Å². The predicted octanol–water partition coefficient (Wildman–Crippen LogP) is 5.91. The highest BCUT2D eigenvalue weighted by Gasteiger charge is 2.30. The first-order valence-electron chi connectivity index (χ1n) is 9.19. The van der Waals surface area contributed by atoms with Crippen LogP contribution in [0.15, 0.2) is 42.6 Å². The van der Waals surface area contributed by atoms with Gasteiger partial charge >= 0.3 is 6.18 Å². The summed E-state index contributed by atoms with van der Waals surface area (Å²) in [5.74, 6) is 0.408. The van der Waals surface area contributed by atoms with Crippen molar-refractivity contribution in [2.24, 2.45) is 5.92 Å². The fourth-order valence-corrected chi connectivity index (χ4v) is 3.49. The zero-order chi connectivity index (χ0) is 21.1. The van der Waals surface area contributed by atoms with Gasteiger partial charge in [0, 0.05) is 17.8 Å². The Morgan fingerprint density at radius 1 is 1.04 bits per heavy atom. The lowest BCUT2D eigenvalue weighted by Gasteiger charge is -2.26. The second-order valence-corrected chi connectivity index (χ2v) is 10.2. The topological polar surface area (TPSA) is 42.0 Å². The Hall–Kier alpha value is -1.73. The number of alkyl halides is 3. The van der Waals surface area contributed by atoms with Crippen LogP contribution in [0.3, 0.4) is 0 Å². The number of pyridine rings is 1. The molecule has 0 amide bonds. The summed E-state index contributed by atoms with van der Waals surface area (Å²) in [6.07, 6.45) is -2.73. The summed E-state index contributed by atoms with van der Waals surface area (Å²) in [7, 11) is -1.21. The van der Waals surface area contributed by atoms with E-state index < -0.39 is 22.7 Å². The summed E-state index contributed by atoms with van der Waals surface area (Å²) in [6.45, 7) is 9.97. The van der Waals surface area contributed by atoms with Crippen molar-refractivity contribution in [2.75, 3.05) is 0 Å². The highest BCUT2D eigenvalue weighted by atomic mass is 32.2. The maximum absolute atomic E-state index is 12.7. The molecule has 0 aliphatic heterocycles. The fraction of sp³-hybridized carbons (Fsp3) is 0.476. The molecule has 0 radical (unpaired) electrons. The minimum Gasteiger partial charge on any atom is -0.256 e. The van der Waals surface area contributed by atoms with Gasteiger partial charge in [-0.1, -0.05) is 38.1 Å². The maximum Gasteiger partial charge on any atom is 0.417 e. The van der Waals surface area contributed by atoms with E-state index in [4.69, 9.17) is 0 Å². The van der Waals surface area contributed by atoms with Gasteiger partial charge in [0.1, 0.15) is 0 Å². The molecule has 154 valence electrons. The smallest absolute Gasteiger partial charge is 0.256 e. The summed E-state index contributed by atoms with van der Waals surface area (Å²) >= 11 is 0. The van der Waals surface area contributed by atoms with E-state index in [1.54, 1.807) is 0 Å². The molecule has 0 spiro atoms. The van der Waals surface area contributed by atoms with Crippen molar-refractivity contribution in [1.82, 2.24) is 9.71 Å². The summed E-state index contributed by atoms with van der Waals surface area (Å²) in [4.78, 5) is 3.93. The van der Waals surface area contributed by atoms with Crippen LogP contribution in [0.4, 0.5) is 13.2 Å². The Balaban J connectivity index is 2.23. The number of nitrogens with one attached hydrogen (secondary N) is 1. The quantitative estimate of drug-likeness (QED) is 0.641. The zero-order valence-electron chi connectivity index (χ0n) is 16.8. The molecule has 1 heterocycles. The summed E-state index contributed by atoms with van der Waals surface area (Å²) in [6, 6.07) is 9.82. The van der Waals surface area contributed by atoms with E-state index in [2.05, 4.69) is 23.6 Å². The normalized spacial score (nSPS) is 14.9. The van der Waals surface area contributed by atoms with Gasteiger partial charge in [-0.2, -0.15) is 13.2 Å². The third-order valence-corrected chi connectivity index (χ3v) is 5.82. The Bertz CT molecular complexity index is 794. The van der Waals surface area contributed by atoms with Crippen LogP contribution in [0.25, 0.3) is 11.3 Å². The molecule has 0 aliphatic rings. The highest BCUT2D eigenvalue weighted by molar-refractivity contribution is 7.84. The highest BCUT2D eigenvalue weighted by Crippen LogP contribution is 2.30. The number of halogens is 3. The molecule has 0 bridgehead atoms. The number of aromatic nitrogens is 1. The van der Waals surface area contributed by atoms with E-state index >= 15 is 0 Å². The third-order valence-electron chi connectivity index (χ3n) is 4.21. The molecule has 1 aromatic carbocycles. The molecule has 0 saturated carbocycles. The van der Waals surface area contributed by atoms with Crippen molar-refractivity contribution in [2.45, 2.75) is 58.0 Å². The van der Waals surface area contributed by atoms with Gasteiger partial charge in [-0.25, -0.2) is 8.93 Å². The van der Waals surface area contributed by atoms with E-state index in [0.29, 0.717) is 11.6 Å². The molecule has 0 saturated heterocycles. The van der Waals surface area contributed by atoms with E-state index in [9.17, 15) is 17.4 Å². The van der Waals surface area contributed by atoms with Crippen molar-refractivity contribution >= 4 is 11.0 Å². The third kappa shape index (κ3) is 6.14. The van der Waals surface area contributed by atoms with Gasteiger partial charge in [-0.15, -0.1) is 0 Å². The Kier molecular flexibility index (Phi) is 7.04. The lowest BCUT2D eigenvalue weighted by Crippen LogP contribution is -2.36. The van der Waals surface area contributed by atoms with Crippen LogP contribution in [0.5, 0.6) is 0 Å². The molecular weight excluding hydrogens is 385 g/mol. The standard InChI is InChI=1S/C21H27F3N2OS/c1-14(2)12-19(26-28(27)20(3,4)5)16-8-6-15(7-9-16)18-11-10-17(13-25-18)21(22,23)24/h6-11,13-14,19,26H,12H2,1-5H3/t19-,28?/m0/s1. The number of hydrogen-bond acceptors (Lipinski definition) is 2. The van der Waals surface area contributed by atoms with Gasteiger partial charge < -0.3 is 0 Å². The average Bonchev–Trinajstić information content (AvgIpc) is 2.59. The molecule has 1 N–H and O–H groups in total. The van der Waals surface area contributed by atoms with Gasteiger partial charge in [0.25, 0.3) is 0 Å². The first kappa shape index (κ1) is 22.6. The van der Waals surface area contributed by atoms with E-state index in [1.165, 1.54) is 6.07 Å². The summed E-state index contributed by atoms with van der Waals surface area (Å²) < 4.78 is 53.4. The van der Waals surface area contributed by atoms with Crippen LogP contribution in [-0.4, -0.2) is 13.9 Å². The number of hydrogen-bond donors (Lipinski definition) is 1. The average molecular weight is 413 g/mol. The molecule has 0 fully saturated rings. The molecule has 2 rings (SSSR count). The minimum atomic E-state index is -4.40. The van der Waals surface area contributed by atoms with E-state index in [-0.39, 0.29) is 10.8 Å².